The molecule has 120 heavy (non-hydrogen) atoms. The second-order valence-electron chi connectivity index (χ2n) is 34.0. The van der Waals surface area contributed by atoms with Crippen molar-refractivity contribution in [2.75, 3.05) is 0 Å². The van der Waals surface area contributed by atoms with Crippen LogP contribution in [0.1, 0.15) is 58.4 Å². The number of H-pyrrole nitrogens is 1. The molecule has 0 fully saturated rings. The van der Waals surface area contributed by atoms with E-state index in [4.69, 9.17) is 4.42 Å². The Hall–Kier alpha value is -14.7. The molecular weight excluding hydrogens is 1470 g/mol. The predicted molar refractivity (Wildman–Crippen MR) is 512 cm³/mol. The fourth-order valence-electron chi connectivity index (χ4n) is 22.0. The number of furan rings is 1. The van der Waals surface area contributed by atoms with Crippen LogP contribution in [0.4, 0.5) is 0 Å². The molecule has 4 aliphatic carbocycles. The van der Waals surface area contributed by atoms with Crippen molar-refractivity contribution in [3.05, 3.63) is 415 Å². The number of hydrogen-bond donors (Lipinski definition) is 1. The molecule has 0 bridgehead atoms. The van der Waals surface area contributed by atoms with Gasteiger partial charge in [-0.25, -0.2) is 0 Å². The van der Waals surface area contributed by atoms with E-state index in [2.05, 4.69) is 393 Å². The predicted octanol–water partition coefficient (Wildman–Crippen LogP) is 32.0. The van der Waals surface area contributed by atoms with Crippen LogP contribution in [0.2, 0.25) is 0 Å². The van der Waals surface area contributed by atoms with E-state index in [0.717, 1.165) is 46.8 Å². The van der Waals surface area contributed by atoms with Crippen LogP contribution in [-0.2, 0) is 24.7 Å². The number of nitrogens with zero attached hydrogens (tertiary/aromatic N) is 1. The first kappa shape index (κ1) is 67.5. The third kappa shape index (κ3) is 9.91. The smallest absolute Gasteiger partial charge is 0.137 e. The Labute approximate surface area is 695 Å². The molecule has 0 saturated carbocycles. The zero-order chi connectivity index (χ0) is 78.7. The summed E-state index contributed by atoms with van der Waals surface area (Å²) in [6.07, 6.45) is 3.02. The van der Waals surface area contributed by atoms with Gasteiger partial charge < -0.3 is 14.0 Å². The first-order chi connectivity index (χ1) is 59.2. The highest BCUT2D eigenvalue weighted by Crippen LogP contribution is 2.58. The Morgan fingerprint density at radius 3 is 1.50 bits per heavy atom. The summed E-state index contributed by atoms with van der Waals surface area (Å²) in [4.78, 5) is 3.62. The van der Waals surface area contributed by atoms with Gasteiger partial charge in [0.25, 0.3) is 0 Å². The van der Waals surface area contributed by atoms with Crippen molar-refractivity contribution in [3.63, 3.8) is 0 Å². The lowest BCUT2D eigenvalue weighted by atomic mass is 9.80. The molecule has 0 amide bonds. The maximum absolute atomic E-state index is 6.26. The van der Waals surface area contributed by atoms with Gasteiger partial charge in [-0.15, -0.1) is 11.3 Å². The first-order valence-corrected chi connectivity index (χ1v) is 42.9. The molecule has 4 heteroatoms. The zero-order valence-corrected chi connectivity index (χ0v) is 66.9. The molecule has 560 valence electrons. The van der Waals surface area contributed by atoms with Crippen LogP contribution >= 0.6 is 11.3 Å². The summed E-state index contributed by atoms with van der Waals surface area (Å²) in [6.45, 7) is 4.79. The van der Waals surface area contributed by atoms with Gasteiger partial charge in [-0.1, -0.05) is 305 Å². The van der Waals surface area contributed by atoms with Crippen LogP contribution in [-0.4, -0.2) is 9.55 Å². The highest BCUT2D eigenvalue weighted by atomic mass is 32.1. The molecule has 29 rings (SSSR count). The number of hydrogen-bond acceptors (Lipinski definition) is 2. The molecule has 21 aromatic carbocycles. The molecule has 25 aromatic rings. The Morgan fingerprint density at radius 2 is 0.792 bits per heavy atom. The van der Waals surface area contributed by atoms with Crippen LogP contribution in [0, 0.1) is 0 Å². The number of fused-ring (bicyclic) bond motifs is 41. The van der Waals surface area contributed by atoms with Crippen molar-refractivity contribution in [1.29, 1.82) is 0 Å². The molecule has 0 spiro atoms. The van der Waals surface area contributed by atoms with Crippen LogP contribution in [0.15, 0.2) is 374 Å². The third-order valence-electron chi connectivity index (χ3n) is 27.3. The van der Waals surface area contributed by atoms with E-state index in [1.54, 1.807) is 0 Å². The van der Waals surface area contributed by atoms with Gasteiger partial charge in [0.15, 0.2) is 0 Å². The van der Waals surface area contributed by atoms with Crippen LogP contribution < -0.4 is 0 Å². The summed E-state index contributed by atoms with van der Waals surface area (Å²) in [5, 5.41) is 31.5. The average Bonchev–Trinajstić information content (AvgIpc) is 1.54. The summed E-state index contributed by atoms with van der Waals surface area (Å²) < 4.78 is 11.5. The summed E-state index contributed by atoms with van der Waals surface area (Å²) in [7, 11) is 0. The van der Waals surface area contributed by atoms with Crippen LogP contribution in [0.25, 0.3) is 222 Å². The molecule has 0 atom stereocenters. The summed E-state index contributed by atoms with van der Waals surface area (Å²) >= 11 is 1.92. The molecule has 4 aliphatic rings. The van der Waals surface area contributed by atoms with E-state index < -0.39 is 0 Å². The minimum absolute atomic E-state index is 0.0113. The SMILES string of the molecule is CC1(C)c2ccc3c(c2-c2ccc4ccccc4c21)Cc1ccc2ccccc2c1-3.c1ccc(-n2c3ccc4ccccc4c3c3ccc4c(c32)Cc2cc3ccccc3cc2-4)cc1.c1ccc2c3c(ccc2c1)Cc1c-3ccc2sc3ccc4ccccc4c3c12.c1ccc2cc3cc4c(cc3cc2c1)oc1ccc2c3ccccc3[nH]c2c14. The molecule has 3 nitrogen and oxygen atoms in total. The molecule has 1 N–H and O–H groups in total. The largest absolute Gasteiger partial charge is 0.456 e. The van der Waals surface area contributed by atoms with Gasteiger partial charge in [-0.2, -0.15) is 0 Å². The minimum atomic E-state index is 0.0113. The minimum Gasteiger partial charge on any atom is -0.456 e. The van der Waals surface area contributed by atoms with Crippen molar-refractivity contribution in [1.82, 2.24) is 9.55 Å². The van der Waals surface area contributed by atoms with E-state index in [-0.39, 0.29) is 5.41 Å². The lowest BCUT2D eigenvalue weighted by Gasteiger charge is -2.23. The van der Waals surface area contributed by atoms with E-state index in [1.807, 2.05) is 11.3 Å². The maximum atomic E-state index is 6.26. The van der Waals surface area contributed by atoms with Crippen LogP contribution in [0.5, 0.6) is 0 Å². The summed E-state index contributed by atoms with van der Waals surface area (Å²) in [6, 6.07) is 136. The highest BCUT2D eigenvalue weighted by Gasteiger charge is 2.41. The van der Waals surface area contributed by atoms with Crippen molar-refractivity contribution in [2.24, 2.45) is 0 Å². The maximum Gasteiger partial charge on any atom is 0.137 e. The number of nitrogens with one attached hydrogen (secondary N) is 1. The van der Waals surface area contributed by atoms with Gasteiger partial charge in [0.2, 0.25) is 0 Å². The topological polar surface area (TPSA) is 33.9 Å². The highest BCUT2D eigenvalue weighted by molar-refractivity contribution is 7.26. The van der Waals surface area contributed by atoms with Gasteiger partial charge in [0.05, 0.1) is 21.9 Å². The number of thiophene rings is 1. The second kappa shape index (κ2) is 25.7. The number of benzene rings is 21. The zero-order valence-electron chi connectivity index (χ0n) is 66.1. The second-order valence-corrected chi connectivity index (χ2v) is 35.1. The van der Waals surface area contributed by atoms with Crippen molar-refractivity contribution < 1.29 is 4.42 Å². The number of rotatable bonds is 1. The quantitative estimate of drug-likeness (QED) is 0.163. The van der Waals surface area contributed by atoms with Gasteiger partial charge in [0, 0.05) is 70.1 Å². The molecule has 0 radical (unpaired) electrons. The van der Waals surface area contributed by atoms with E-state index in [0.29, 0.717) is 0 Å². The van der Waals surface area contributed by atoms with Gasteiger partial charge in [0.1, 0.15) is 11.2 Å². The molecular formula is C116H74N2OS. The summed E-state index contributed by atoms with van der Waals surface area (Å²) in [5.74, 6) is 0. The van der Waals surface area contributed by atoms with Crippen molar-refractivity contribution in [2.45, 2.75) is 38.5 Å². The van der Waals surface area contributed by atoms with Gasteiger partial charge in [-0.3, -0.25) is 0 Å². The Bertz CT molecular complexity index is 8800. The van der Waals surface area contributed by atoms with Gasteiger partial charge >= 0.3 is 0 Å². The normalized spacial score (nSPS) is 13.2. The number of para-hydroxylation sites is 2. The summed E-state index contributed by atoms with van der Waals surface area (Å²) in [5.41, 5.74) is 31.2. The van der Waals surface area contributed by atoms with Crippen molar-refractivity contribution in [3.8, 4) is 50.2 Å². The molecule has 0 unspecified atom stereocenters. The number of aromatic nitrogens is 2. The monoisotopic (exact) mass is 1540 g/mol. The fourth-order valence-corrected chi connectivity index (χ4v) is 23.1. The molecule has 4 aromatic heterocycles. The standard InChI is InChI=1S/C33H21N.C30H22.C27H16S.C26H15NO/c1-2-11-25(12-3-1)34-31-17-14-21-8-6-7-13-26(21)32(31)28-16-15-27-29-19-23-10-5-4-9-22(23)18-24(29)20-30(27)33(28)34;1-30(2)26-16-15-23-25(17-20-12-11-18-7-3-5-9-21(18)27(20)23)28(26)24-14-13-19-8-4-6-10-22(19)29(24)30;1-3-7-19-16(5-1)9-10-18-15-22-21(25(18)19)12-14-24-27(22)26-20-8-4-2-6-17(20)11-13-23(26)28-24;1-2-6-16-12-18-14-24-21(13-17(18)11-15(16)5-1)25-23(28-24)10-9-20-19-7-3-4-8-22(19)27-26(20)25/h1-19H,20H2;3-16H,17H2,1-2H3;1-14H,15H2;1-14,27H. The van der Waals surface area contributed by atoms with Crippen LogP contribution in [0.3, 0.4) is 0 Å². The average molecular weight is 1540 g/mol. The molecule has 4 heterocycles. The Morgan fingerprint density at radius 1 is 0.292 bits per heavy atom. The molecule has 0 saturated heterocycles. The Balaban J connectivity index is 0.0000000868. The van der Waals surface area contributed by atoms with Gasteiger partial charge in [-0.05, 0) is 267 Å². The van der Waals surface area contributed by atoms with E-state index in [9.17, 15) is 0 Å². The molecule has 0 aliphatic heterocycles. The third-order valence-corrected chi connectivity index (χ3v) is 28.4. The lowest BCUT2D eigenvalue weighted by Crippen LogP contribution is -2.15. The van der Waals surface area contributed by atoms with Crippen molar-refractivity contribution >= 4 is 183 Å². The number of aromatic amines is 1. The van der Waals surface area contributed by atoms with E-state index >= 15 is 0 Å². The Kier molecular flexibility index (Phi) is 14.4. The fraction of sp³-hybridized carbons (Fsp3) is 0.0517. The first-order valence-electron chi connectivity index (χ1n) is 42.0. The van der Waals surface area contributed by atoms with E-state index in [1.165, 1.54) is 239 Å². The lowest BCUT2D eigenvalue weighted by molar-refractivity contribution is 0.666.